The number of benzene rings is 4. The fraction of sp³-hybridized carbons (Fsp3) is 0.0714. The van der Waals surface area contributed by atoms with Crippen LogP contribution in [0.4, 0.5) is 5.69 Å². The second-order valence-electron chi connectivity index (χ2n) is 7.52. The van der Waals surface area contributed by atoms with Gasteiger partial charge < -0.3 is 0 Å². The van der Waals surface area contributed by atoms with Gasteiger partial charge in [0.15, 0.2) is 0 Å². The van der Waals surface area contributed by atoms with Crippen LogP contribution in [0.2, 0.25) is 5.02 Å². The van der Waals surface area contributed by atoms with E-state index in [0.717, 1.165) is 33.7 Å². The van der Waals surface area contributed by atoms with Crippen LogP contribution in [0, 0.1) is 6.92 Å². The largest absolute Gasteiger partial charge is 0.272 e. The minimum absolute atomic E-state index is 0.125. The first-order valence-electron chi connectivity index (χ1n) is 10.4. The summed E-state index contributed by atoms with van der Waals surface area (Å²) < 4.78 is 0. The van der Waals surface area contributed by atoms with Crippen molar-refractivity contribution < 1.29 is 4.79 Å². The molecule has 0 radical (unpaired) electrons. The number of carbonyl (C=O) groups excluding carboxylic acids is 1. The zero-order chi connectivity index (χ0) is 22.3. The highest BCUT2D eigenvalue weighted by molar-refractivity contribution is 6.30. The van der Waals surface area contributed by atoms with Crippen molar-refractivity contribution in [2.24, 2.45) is 5.10 Å². The molecule has 32 heavy (non-hydrogen) atoms. The Balaban J connectivity index is 1.79. The van der Waals surface area contributed by atoms with Gasteiger partial charge in [-0.2, -0.15) is 10.1 Å². The first kappa shape index (κ1) is 21.5. The molecule has 0 bridgehead atoms. The molecule has 0 aliphatic carbocycles. The maximum absolute atomic E-state index is 13.5. The van der Waals surface area contributed by atoms with Gasteiger partial charge in [0, 0.05) is 16.1 Å². The van der Waals surface area contributed by atoms with Gasteiger partial charge in [0.1, 0.15) is 0 Å². The molecule has 0 spiro atoms. The number of hydrogen-bond donors (Lipinski definition) is 0. The van der Waals surface area contributed by atoms with Crippen molar-refractivity contribution >= 4 is 28.9 Å². The normalized spacial score (nSPS) is 10.4. The number of anilines is 1. The third-order valence-corrected chi connectivity index (χ3v) is 5.33. The maximum atomic E-state index is 13.5. The molecule has 158 valence electrons. The molecule has 4 aromatic carbocycles. The molecule has 0 atom stereocenters. The third kappa shape index (κ3) is 5.32. The Morgan fingerprint density at radius 3 is 1.81 bits per heavy atom. The van der Waals surface area contributed by atoms with Gasteiger partial charge in [-0.1, -0.05) is 102 Å². The van der Waals surface area contributed by atoms with Crippen molar-refractivity contribution in [1.82, 2.24) is 0 Å². The molecule has 0 aromatic heterocycles. The zero-order valence-corrected chi connectivity index (χ0v) is 18.5. The second kappa shape index (κ2) is 10.1. The Labute approximate surface area is 193 Å². The molecule has 0 fully saturated rings. The van der Waals surface area contributed by atoms with Crippen LogP contribution >= 0.6 is 11.6 Å². The molecule has 0 unspecified atom stereocenters. The van der Waals surface area contributed by atoms with Gasteiger partial charge in [-0.25, -0.2) is 0 Å². The topological polar surface area (TPSA) is 32.7 Å². The summed E-state index contributed by atoms with van der Waals surface area (Å²) in [5, 5.41) is 7.05. The molecule has 0 aliphatic heterocycles. The smallest absolute Gasteiger partial charge is 0.251 e. The van der Waals surface area contributed by atoms with Crippen LogP contribution in [0.3, 0.4) is 0 Å². The lowest BCUT2D eigenvalue weighted by Crippen LogP contribution is -2.29. The van der Waals surface area contributed by atoms with Gasteiger partial charge in [-0.15, -0.1) is 0 Å². The van der Waals surface area contributed by atoms with Gasteiger partial charge in [0.25, 0.3) is 5.91 Å². The van der Waals surface area contributed by atoms with Crippen molar-refractivity contribution in [1.29, 1.82) is 0 Å². The maximum Gasteiger partial charge on any atom is 0.251 e. The second-order valence-corrected chi connectivity index (χ2v) is 7.96. The van der Waals surface area contributed by atoms with Gasteiger partial charge in [-0.3, -0.25) is 4.79 Å². The number of rotatable bonds is 6. The minimum atomic E-state index is -0.125. The fourth-order valence-electron chi connectivity index (χ4n) is 3.37. The standard InChI is InChI=1S/C28H23ClN2O/c1-21-12-18-26(19-13-21)31(27(32)20-22-14-16-25(29)17-15-22)30-28(23-8-4-2-5-9-23)24-10-6-3-7-11-24/h2-19H,20H2,1H3. The summed E-state index contributed by atoms with van der Waals surface area (Å²) in [6, 6.07) is 35.0. The van der Waals surface area contributed by atoms with E-state index in [1.54, 1.807) is 12.1 Å². The van der Waals surface area contributed by atoms with Crippen LogP contribution < -0.4 is 5.01 Å². The van der Waals surface area contributed by atoms with E-state index in [1.807, 2.05) is 104 Å². The number of nitrogens with zero attached hydrogens (tertiary/aromatic N) is 2. The minimum Gasteiger partial charge on any atom is -0.272 e. The molecule has 1 amide bonds. The van der Waals surface area contributed by atoms with E-state index in [1.165, 1.54) is 5.01 Å². The van der Waals surface area contributed by atoms with Crippen molar-refractivity contribution in [3.63, 3.8) is 0 Å². The molecule has 4 aromatic rings. The van der Waals surface area contributed by atoms with E-state index >= 15 is 0 Å². The predicted molar refractivity (Wildman–Crippen MR) is 132 cm³/mol. The molecule has 4 heteroatoms. The predicted octanol–water partition coefficient (Wildman–Crippen LogP) is 6.68. The highest BCUT2D eigenvalue weighted by atomic mass is 35.5. The number of amides is 1. The molecular formula is C28H23ClN2O. The van der Waals surface area contributed by atoms with Crippen molar-refractivity contribution in [3.8, 4) is 0 Å². The van der Waals surface area contributed by atoms with Gasteiger partial charge in [0.05, 0.1) is 17.8 Å². The van der Waals surface area contributed by atoms with E-state index in [-0.39, 0.29) is 12.3 Å². The number of carbonyl (C=O) groups is 1. The van der Waals surface area contributed by atoms with E-state index in [2.05, 4.69) is 0 Å². The third-order valence-electron chi connectivity index (χ3n) is 5.08. The summed E-state index contributed by atoms with van der Waals surface area (Å²) >= 11 is 6.01. The first-order valence-corrected chi connectivity index (χ1v) is 10.8. The first-order chi connectivity index (χ1) is 15.6. The number of hydrazone groups is 1. The van der Waals surface area contributed by atoms with Crippen molar-refractivity contribution in [2.45, 2.75) is 13.3 Å². The average molecular weight is 439 g/mol. The van der Waals surface area contributed by atoms with Gasteiger partial charge >= 0.3 is 0 Å². The van der Waals surface area contributed by atoms with Gasteiger partial charge in [0.2, 0.25) is 0 Å². The molecule has 0 saturated carbocycles. The Bertz CT molecular complexity index is 1160. The number of aryl methyl sites for hydroxylation is 1. The SMILES string of the molecule is Cc1ccc(N(N=C(c2ccccc2)c2ccccc2)C(=O)Cc2ccc(Cl)cc2)cc1. The Morgan fingerprint density at radius 1 is 0.750 bits per heavy atom. The van der Waals surface area contributed by atoms with E-state index < -0.39 is 0 Å². The fourth-order valence-corrected chi connectivity index (χ4v) is 3.50. The molecule has 0 aliphatic rings. The summed E-state index contributed by atoms with van der Waals surface area (Å²) in [7, 11) is 0. The highest BCUT2D eigenvalue weighted by Gasteiger charge is 2.18. The lowest BCUT2D eigenvalue weighted by atomic mass is 10.0. The van der Waals surface area contributed by atoms with Crippen LogP contribution in [0.25, 0.3) is 0 Å². The highest BCUT2D eigenvalue weighted by Crippen LogP contribution is 2.21. The van der Waals surface area contributed by atoms with E-state index in [9.17, 15) is 4.79 Å². The summed E-state index contributed by atoms with van der Waals surface area (Å²) in [6.07, 6.45) is 0.214. The summed E-state index contributed by atoms with van der Waals surface area (Å²) in [5.41, 5.74) is 5.34. The van der Waals surface area contributed by atoms with Crippen LogP contribution in [0.15, 0.2) is 114 Å². The Morgan fingerprint density at radius 2 is 1.28 bits per heavy atom. The zero-order valence-electron chi connectivity index (χ0n) is 17.8. The van der Waals surface area contributed by atoms with E-state index in [0.29, 0.717) is 5.02 Å². The molecule has 4 rings (SSSR count). The summed E-state index contributed by atoms with van der Waals surface area (Å²) in [6.45, 7) is 2.02. The molecule has 0 saturated heterocycles. The van der Waals surface area contributed by atoms with Gasteiger partial charge in [-0.05, 0) is 36.8 Å². The number of halogens is 1. The van der Waals surface area contributed by atoms with Crippen LogP contribution in [-0.4, -0.2) is 11.6 Å². The summed E-state index contributed by atoms with van der Waals surface area (Å²) in [4.78, 5) is 13.5. The Hall–Kier alpha value is -3.69. The van der Waals surface area contributed by atoms with Crippen LogP contribution in [-0.2, 0) is 11.2 Å². The van der Waals surface area contributed by atoms with Crippen LogP contribution in [0.1, 0.15) is 22.3 Å². The Kier molecular flexibility index (Phi) is 6.78. The average Bonchev–Trinajstić information content (AvgIpc) is 2.83. The molecule has 0 N–H and O–H groups in total. The lowest BCUT2D eigenvalue weighted by Gasteiger charge is -2.20. The molecule has 0 heterocycles. The molecular weight excluding hydrogens is 416 g/mol. The van der Waals surface area contributed by atoms with Crippen LogP contribution in [0.5, 0.6) is 0 Å². The van der Waals surface area contributed by atoms with Crippen molar-refractivity contribution in [3.05, 3.63) is 136 Å². The monoisotopic (exact) mass is 438 g/mol. The quantitative estimate of drug-likeness (QED) is 0.244. The summed E-state index contributed by atoms with van der Waals surface area (Å²) in [5.74, 6) is -0.125. The lowest BCUT2D eigenvalue weighted by molar-refractivity contribution is -0.118. The molecule has 3 nitrogen and oxygen atoms in total. The number of hydrogen-bond acceptors (Lipinski definition) is 2. The van der Waals surface area contributed by atoms with E-state index in [4.69, 9.17) is 16.7 Å². The van der Waals surface area contributed by atoms with Crippen molar-refractivity contribution in [2.75, 3.05) is 5.01 Å².